The molecular weight excluding hydrogens is 250 g/mol. The zero-order valence-electron chi connectivity index (χ0n) is 11.5. The zero-order valence-corrected chi connectivity index (χ0v) is 11.5. The van der Waals surface area contributed by atoms with E-state index < -0.39 is 18.1 Å². The van der Waals surface area contributed by atoms with Crippen molar-refractivity contribution in [3.8, 4) is 0 Å². The standard InChI is InChI=1S/C12H23N3O4/c1-12(3-5-15(2)6-4-12)8-14-11(19)13-7-9(16)10(17)18/h9,16H,3-8H2,1-2H3,(H,17,18)(H2,13,14,19). The van der Waals surface area contributed by atoms with Gasteiger partial charge in [0.1, 0.15) is 0 Å². The first-order valence-corrected chi connectivity index (χ1v) is 6.43. The van der Waals surface area contributed by atoms with Gasteiger partial charge in [-0.1, -0.05) is 6.92 Å². The number of hydrogen-bond donors (Lipinski definition) is 4. The second-order valence-electron chi connectivity index (χ2n) is 5.53. The highest BCUT2D eigenvalue weighted by Crippen LogP contribution is 2.29. The van der Waals surface area contributed by atoms with Crippen LogP contribution in [0.5, 0.6) is 0 Å². The number of carboxylic acids is 1. The van der Waals surface area contributed by atoms with Gasteiger partial charge in [-0.05, 0) is 38.4 Å². The molecule has 0 aromatic heterocycles. The molecule has 0 aromatic carbocycles. The number of carboxylic acid groups (broad SMARTS) is 1. The normalized spacial score (nSPS) is 20.6. The molecule has 0 spiro atoms. The first kappa shape index (κ1) is 15.7. The lowest BCUT2D eigenvalue weighted by molar-refractivity contribution is -0.146. The Kier molecular flexibility index (Phi) is 5.56. The van der Waals surface area contributed by atoms with E-state index in [4.69, 9.17) is 10.2 Å². The van der Waals surface area contributed by atoms with Crippen LogP contribution in [0.3, 0.4) is 0 Å². The molecule has 0 radical (unpaired) electrons. The van der Waals surface area contributed by atoms with E-state index in [1.165, 1.54) is 0 Å². The highest BCUT2D eigenvalue weighted by Gasteiger charge is 2.29. The van der Waals surface area contributed by atoms with Gasteiger partial charge in [0.05, 0.1) is 6.54 Å². The number of nitrogens with one attached hydrogen (secondary N) is 2. The summed E-state index contributed by atoms with van der Waals surface area (Å²) in [5.41, 5.74) is 0.0786. The van der Waals surface area contributed by atoms with Crippen molar-refractivity contribution in [1.29, 1.82) is 0 Å². The summed E-state index contributed by atoms with van der Waals surface area (Å²) in [5.74, 6) is -1.34. The van der Waals surface area contributed by atoms with Gasteiger partial charge in [0.15, 0.2) is 6.10 Å². The van der Waals surface area contributed by atoms with Gasteiger partial charge in [0.25, 0.3) is 0 Å². The summed E-state index contributed by atoms with van der Waals surface area (Å²) in [5, 5.41) is 22.6. The van der Waals surface area contributed by atoms with E-state index in [2.05, 4.69) is 29.5 Å². The Morgan fingerprint density at radius 1 is 1.32 bits per heavy atom. The summed E-state index contributed by atoms with van der Waals surface area (Å²) in [4.78, 5) is 24.1. The molecule has 110 valence electrons. The predicted octanol–water partition coefficient (Wildman–Crippen LogP) is -0.537. The number of urea groups is 1. The van der Waals surface area contributed by atoms with Crippen LogP contribution in [0, 0.1) is 5.41 Å². The van der Waals surface area contributed by atoms with Gasteiger partial charge >= 0.3 is 12.0 Å². The molecular formula is C12H23N3O4. The van der Waals surface area contributed by atoms with Crippen molar-refractivity contribution in [2.24, 2.45) is 5.41 Å². The minimum Gasteiger partial charge on any atom is -0.479 e. The van der Waals surface area contributed by atoms with Crippen molar-refractivity contribution in [2.45, 2.75) is 25.9 Å². The number of amides is 2. The van der Waals surface area contributed by atoms with Crippen molar-refractivity contribution >= 4 is 12.0 Å². The lowest BCUT2D eigenvalue weighted by Gasteiger charge is -2.37. The molecule has 7 heteroatoms. The summed E-state index contributed by atoms with van der Waals surface area (Å²) >= 11 is 0. The Hall–Kier alpha value is -1.34. The lowest BCUT2D eigenvalue weighted by Crippen LogP contribution is -2.47. The average molecular weight is 273 g/mol. The third kappa shape index (κ3) is 5.44. The zero-order chi connectivity index (χ0) is 14.5. The van der Waals surface area contributed by atoms with Gasteiger partial charge in [-0.2, -0.15) is 0 Å². The second kappa shape index (κ2) is 6.72. The lowest BCUT2D eigenvalue weighted by atomic mass is 9.80. The van der Waals surface area contributed by atoms with Gasteiger partial charge in [-0.15, -0.1) is 0 Å². The first-order chi connectivity index (χ1) is 8.82. The molecule has 1 fully saturated rings. The minimum absolute atomic E-state index is 0.0786. The van der Waals surface area contributed by atoms with E-state index in [0.29, 0.717) is 6.54 Å². The number of hydrogen-bond acceptors (Lipinski definition) is 4. The molecule has 1 saturated heterocycles. The Labute approximate surface area is 113 Å². The van der Waals surface area contributed by atoms with E-state index in [0.717, 1.165) is 25.9 Å². The third-order valence-corrected chi connectivity index (χ3v) is 3.61. The summed E-state index contributed by atoms with van der Waals surface area (Å²) in [6, 6.07) is -0.444. The van der Waals surface area contributed by atoms with Gasteiger partial charge in [0, 0.05) is 6.54 Å². The molecule has 0 bridgehead atoms. The molecule has 1 heterocycles. The highest BCUT2D eigenvalue weighted by atomic mass is 16.4. The van der Waals surface area contributed by atoms with Crippen LogP contribution in [0.1, 0.15) is 19.8 Å². The van der Waals surface area contributed by atoms with Crippen LogP contribution >= 0.6 is 0 Å². The molecule has 4 N–H and O–H groups in total. The molecule has 1 aliphatic rings. The van der Waals surface area contributed by atoms with E-state index >= 15 is 0 Å². The fourth-order valence-corrected chi connectivity index (χ4v) is 1.97. The van der Waals surface area contributed by atoms with Crippen molar-refractivity contribution in [3.05, 3.63) is 0 Å². The van der Waals surface area contributed by atoms with Crippen molar-refractivity contribution in [2.75, 3.05) is 33.2 Å². The molecule has 1 aliphatic heterocycles. The molecule has 1 rings (SSSR count). The van der Waals surface area contributed by atoms with Crippen LogP contribution in [-0.2, 0) is 4.79 Å². The van der Waals surface area contributed by atoms with Gasteiger partial charge < -0.3 is 25.7 Å². The molecule has 1 atom stereocenters. The van der Waals surface area contributed by atoms with Crippen LogP contribution in [0.25, 0.3) is 0 Å². The summed E-state index contributed by atoms with van der Waals surface area (Å²) in [6.07, 6.45) is 0.466. The number of rotatable bonds is 5. The summed E-state index contributed by atoms with van der Waals surface area (Å²) < 4.78 is 0. The third-order valence-electron chi connectivity index (χ3n) is 3.61. The second-order valence-corrected chi connectivity index (χ2v) is 5.53. The van der Waals surface area contributed by atoms with Crippen LogP contribution in [0.4, 0.5) is 4.79 Å². The van der Waals surface area contributed by atoms with Crippen LogP contribution < -0.4 is 10.6 Å². The fraction of sp³-hybridized carbons (Fsp3) is 0.833. The number of carbonyl (C=O) groups excluding carboxylic acids is 1. The quantitative estimate of drug-likeness (QED) is 0.539. The summed E-state index contributed by atoms with van der Waals surface area (Å²) in [7, 11) is 2.08. The maximum Gasteiger partial charge on any atom is 0.334 e. The monoisotopic (exact) mass is 273 g/mol. The molecule has 2 amide bonds. The largest absolute Gasteiger partial charge is 0.479 e. The van der Waals surface area contributed by atoms with Crippen molar-refractivity contribution in [1.82, 2.24) is 15.5 Å². The first-order valence-electron chi connectivity index (χ1n) is 6.43. The molecule has 19 heavy (non-hydrogen) atoms. The molecule has 7 nitrogen and oxygen atoms in total. The maximum atomic E-state index is 11.5. The highest BCUT2D eigenvalue weighted by molar-refractivity contribution is 5.76. The van der Waals surface area contributed by atoms with E-state index in [9.17, 15) is 9.59 Å². The van der Waals surface area contributed by atoms with E-state index in [1.54, 1.807) is 0 Å². The Morgan fingerprint density at radius 3 is 2.42 bits per heavy atom. The number of aliphatic hydroxyl groups is 1. The number of carbonyl (C=O) groups is 2. The van der Waals surface area contributed by atoms with Crippen LogP contribution in [-0.4, -0.2) is 66.4 Å². The van der Waals surface area contributed by atoms with E-state index in [-0.39, 0.29) is 12.0 Å². The average Bonchev–Trinajstić information content (AvgIpc) is 2.37. The number of likely N-dealkylation sites (tertiary alicyclic amines) is 1. The molecule has 0 aliphatic carbocycles. The van der Waals surface area contributed by atoms with E-state index in [1.807, 2.05) is 0 Å². The molecule has 1 unspecified atom stereocenters. The topological polar surface area (TPSA) is 102 Å². The van der Waals surface area contributed by atoms with Crippen molar-refractivity contribution < 1.29 is 19.8 Å². The number of aliphatic hydroxyl groups excluding tert-OH is 1. The minimum atomic E-state index is -1.57. The van der Waals surface area contributed by atoms with Gasteiger partial charge in [-0.25, -0.2) is 9.59 Å². The summed E-state index contributed by atoms with van der Waals surface area (Å²) in [6.45, 7) is 4.41. The number of nitrogens with zero attached hydrogens (tertiary/aromatic N) is 1. The smallest absolute Gasteiger partial charge is 0.334 e. The maximum absolute atomic E-state index is 11.5. The van der Waals surface area contributed by atoms with Crippen molar-refractivity contribution in [3.63, 3.8) is 0 Å². The Morgan fingerprint density at radius 2 is 1.89 bits per heavy atom. The van der Waals surface area contributed by atoms with Crippen LogP contribution in [0.15, 0.2) is 0 Å². The number of piperidine rings is 1. The molecule has 0 saturated carbocycles. The SMILES string of the molecule is CN1CCC(C)(CNC(=O)NCC(O)C(=O)O)CC1. The molecule has 0 aromatic rings. The Bertz CT molecular complexity index is 327. The van der Waals surface area contributed by atoms with Gasteiger partial charge in [-0.3, -0.25) is 0 Å². The van der Waals surface area contributed by atoms with Gasteiger partial charge in [0.2, 0.25) is 0 Å². The number of aliphatic carboxylic acids is 1. The fourth-order valence-electron chi connectivity index (χ4n) is 1.97. The predicted molar refractivity (Wildman–Crippen MR) is 69.9 cm³/mol. The van der Waals surface area contributed by atoms with Crippen LogP contribution in [0.2, 0.25) is 0 Å². The Balaban J connectivity index is 2.24.